The molecule has 0 atom stereocenters. The van der Waals surface area contributed by atoms with Crippen molar-refractivity contribution in [3.05, 3.63) is 17.0 Å². The van der Waals surface area contributed by atoms with Crippen molar-refractivity contribution in [1.29, 1.82) is 0 Å². The van der Waals surface area contributed by atoms with Crippen LogP contribution in [0.3, 0.4) is 0 Å². The van der Waals surface area contributed by atoms with E-state index in [0.29, 0.717) is 6.07 Å². The molecule has 0 amide bonds. The standard InChI is InChI=1S/C9H10F3NO4S2/c10-9(11,12)6-3-4-8(18-6)19(16,17)13-5-1-2-7(14)15/h3-4,13H,1-2,5H2,(H,14,15). The second-order valence-corrected chi connectivity index (χ2v) is 6.59. The van der Waals surface area contributed by atoms with Gasteiger partial charge >= 0.3 is 12.1 Å². The zero-order valence-electron chi connectivity index (χ0n) is 9.40. The Balaban J connectivity index is 2.68. The summed E-state index contributed by atoms with van der Waals surface area (Å²) in [6.45, 7) is -0.145. The number of nitrogens with one attached hydrogen (secondary N) is 1. The maximum Gasteiger partial charge on any atom is 0.425 e. The van der Waals surface area contributed by atoms with Gasteiger partial charge in [-0.1, -0.05) is 0 Å². The summed E-state index contributed by atoms with van der Waals surface area (Å²) in [4.78, 5) is 9.21. The molecule has 0 aliphatic rings. The quantitative estimate of drug-likeness (QED) is 0.785. The maximum absolute atomic E-state index is 12.3. The van der Waals surface area contributed by atoms with Crippen molar-refractivity contribution in [2.75, 3.05) is 6.54 Å². The Hall–Kier alpha value is -1.13. The number of hydrogen-bond acceptors (Lipinski definition) is 4. The van der Waals surface area contributed by atoms with Crippen molar-refractivity contribution in [1.82, 2.24) is 4.72 Å². The molecule has 108 valence electrons. The predicted octanol–water partition coefficient (Wildman–Crippen LogP) is 1.91. The van der Waals surface area contributed by atoms with Gasteiger partial charge in [0.05, 0.1) is 0 Å². The number of halogens is 3. The fraction of sp³-hybridized carbons (Fsp3) is 0.444. The van der Waals surface area contributed by atoms with Crippen LogP contribution in [0.4, 0.5) is 13.2 Å². The van der Waals surface area contributed by atoms with Gasteiger partial charge in [-0.3, -0.25) is 4.79 Å². The first-order chi connectivity index (χ1) is 8.63. The summed E-state index contributed by atoms with van der Waals surface area (Å²) in [7, 11) is -4.02. The van der Waals surface area contributed by atoms with E-state index < -0.39 is 31.3 Å². The number of thiophene rings is 1. The van der Waals surface area contributed by atoms with E-state index in [1.807, 2.05) is 4.72 Å². The Morgan fingerprint density at radius 2 is 2.00 bits per heavy atom. The van der Waals surface area contributed by atoms with E-state index in [9.17, 15) is 26.4 Å². The van der Waals surface area contributed by atoms with Crippen LogP contribution in [0.5, 0.6) is 0 Å². The van der Waals surface area contributed by atoms with E-state index in [1.54, 1.807) is 0 Å². The molecule has 10 heteroatoms. The lowest BCUT2D eigenvalue weighted by Gasteiger charge is -2.04. The molecule has 1 aromatic heterocycles. The molecule has 0 unspecified atom stereocenters. The third-order valence-corrected chi connectivity index (χ3v) is 5.07. The molecule has 0 fully saturated rings. The summed E-state index contributed by atoms with van der Waals surface area (Å²) in [6, 6.07) is 1.56. The van der Waals surface area contributed by atoms with E-state index in [0.717, 1.165) is 6.07 Å². The van der Waals surface area contributed by atoms with Crippen LogP contribution in [0.15, 0.2) is 16.3 Å². The van der Waals surface area contributed by atoms with Crippen LogP contribution >= 0.6 is 11.3 Å². The Labute approximate surface area is 111 Å². The Kier molecular flexibility index (Phi) is 4.93. The fourth-order valence-corrected chi connectivity index (χ4v) is 3.43. The molecule has 1 heterocycles. The van der Waals surface area contributed by atoms with Crippen LogP contribution < -0.4 is 4.72 Å². The molecule has 1 rings (SSSR count). The largest absolute Gasteiger partial charge is 0.481 e. The van der Waals surface area contributed by atoms with Gasteiger partial charge in [0.25, 0.3) is 0 Å². The Morgan fingerprint density at radius 3 is 2.47 bits per heavy atom. The van der Waals surface area contributed by atoms with Crippen molar-refractivity contribution < 1.29 is 31.5 Å². The molecular formula is C9H10F3NO4S2. The second-order valence-electron chi connectivity index (χ2n) is 3.51. The number of sulfonamides is 1. The first kappa shape index (κ1) is 15.9. The molecular weight excluding hydrogens is 307 g/mol. The monoisotopic (exact) mass is 317 g/mol. The van der Waals surface area contributed by atoms with Gasteiger partial charge in [-0.15, -0.1) is 11.3 Å². The van der Waals surface area contributed by atoms with Gasteiger partial charge in [0.15, 0.2) is 0 Å². The molecule has 0 aliphatic carbocycles. The second kappa shape index (κ2) is 5.88. The number of carbonyl (C=O) groups is 1. The van der Waals surface area contributed by atoms with Gasteiger partial charge in [-0.05, 0) is 18.6 Å². The highest BCUT2D eigenvalue weighted by atomic mass is 32.2. The molecule has 0 saturated carbocycles. The minimum atomic E-state index is -4.58. The molecule has 1 aromatic rings. The van der Waals surface area contributed by atoms with Crippen LogP contribution in [0.25, 0.3) is 0 Å². The van der Waals surface area contributed by atoms with Crippen molar-refractivity contribution in [2.45, 2.75) is 23.2 Å². The van der Waals surface area contributed by atoms with Gasteiger partial charge in [-0.2, -0.15) is 13.2 Å². The highest BCUT2D eigenvalue weighted by Crippen LogP contribution is 2.35. The van der Waals surface area contributed by atoms with Crippen LogP contribution in [0.1, 0.15) is 17.7 Å². The van der Waals surface area contributed by atoms with E-state index in [1.165, 1.54) is 0 Å². The summed E-state index contributed by atoms with van der Waals surface area (Å²) in [5.41, 5.74) is 0. The van der Waals surface area contributed by atoms with Crippen LogP contribution in [-0.2, 0) is 21.0 Å². The molecule has 2 N–H and O–H groups in total. The average Bonchev–Trinajstić information content (AvgIpc) is 2.73. The predicted molar refractivity (Wildman–Crippen MR) is 61.4 cm³/mol. The van der Waals surface area contributed by atoms with Crippen molar-refractivity contribution in [3.8, 4) is 0 Å². The molecule has 0 saturated heterocycles. The molecule has 0 aliphatic heterocycles. The van der Waals surface area contributed by atoms with E-state index in [-0.39, 0.29) is 30.7 Å². The van der Waals surface area contributed by atoms with E-state index in [4.69, 9.17) is 5.11 Å². The molecule has 0 aromatic carbocycles. The summed E-state index contributed by atoms with van der Waals surface area (Å²) in [5, 5.41) is 8.35. The third kappa shape index (κ3) is 4.80. The Morgan fingerprint density at radius 1 is 1.37 bits per heavy atom. The number of carboxylic acids is 1. The normalized spacial score (nSPS) is 12.6. The van der Waals surface area contributed by atoms with Crippen LogP contribution in [0, 0.1) is 0 Å². The molecule has 5 nitrogen and oxygen atoms in total. The SMILES string of the molecule is O=C(O)CCCNS(=O)(=O)c1ccc(C(F)(F)F)s1. The molecule has 0 radical (unpaired) electrons. The highest BCUT2D eigenvalue weighted by molar-refractivity contribution is 7.91. The first-order valence-corrected chi connectivity index (χ1v) is 7.31. The van der Waals surface area contributed by atoms with Crippen LogP contribution in [0.2, 0.25) is 0 Å². The van der Waals surface area contributed by atoms with E-state index in [2.05, 4.69) is 0 Å². The topological polar surface area (TPSA) is 83.5 Å². The van der Waals surface area contributed by atoms with Gasteiger partial charge in [-0.25, -0.2) is 13.1 Å². The van der Waals surface area contributed by atoms with Gasteiger partial charge < -0.3 is 5.11 Å². The maximum atomic E-state index is 12.3. The van der Waals surface area contributed by atoms with Gasteiger partial charge in [0, 0.05) is 13.0 Å². The Bertz CT molecular complexity index is 550. The summed E-state index contributed by atoms with van der Waals surface area (Å²) >= 11 is 0.119. The summed E-state index contributed by atoms with van der Waals surface area (Å²) in [5.74, 6) is -1.07. The lowest BCUT2D eigenvalue weighted by atomic mass is 10.3. The minimum Gasteiger partial charge on any atom is -0.481 e. The molecule has 0 bridgehead atoms. The zero-order chi connectivity index (χ0) is 14.7. The molecule has 19 heavy (non-hydrogen) atoms. The summed E-state index contributed by atoms with van der Waals surface area (Å²) in [6.07, 6.45) is -4.74. The number of aliphatic carboxylic acids is 1. The highest BCUT2D eigenvalue weighted by Gasteiger charge is 2.33. The number of alkyl halides is 3. The minimum absolute atomic E-state index is 0.0616. The van der Waals surface area contributed by atoms with Crippen molar-refractivity contribution >= 4 is 27.3 Å². The van der Waals surface area contributed by atoms with Crippen molar-refractivity contribution in [2.24, 2.45) is 0 Å². The summed E-state index contributed by atoms with van der Waals surface area (Å²) < 4.78 is 61.7. The van der Waals surface area contributed by atoms with Gasteiger partial charge in [0.2, 0.25) is 10.0 Å². The average molecular weight is 317 g/mol. The number of rotatable bonds is 6. The lowest BCUT2D eigenvalue weighted by molar-refractivity contribution is -0.137. The van der Waals surface area contributed by atoms with E-state index >= 15 is 0 Å². The number of carboxylic acid groups (broad SMARTS) is 1. The fourth-order valence-electron chi connectivity index (χ4n) is 1.13. The van der Waals surface area contributed by atoms with Gasteiger partial charge in [0.1, 0.15) is 9.09 Å². The third-order valence-electron chi connectivity index (χ3n) is 1.99. The lowest BCUT2D eigenvalue weighted by Crippen LogP contribution is -2.24. The molecule has 0 spiro atoms. The smallest absolute Gasteiger partial charge is 0.425 e. The van der Waals surface area contributed by atoms with Crippen LogP contribution in [-0.4, -0.2) is 26.0 Å². The first-order valence-electron chi connectivity index (χ1n) is 5.01. The number of hydrogen-bond donors (Lipinski definition) is 2. The zero-order valence-corrected chi connectivity index (χ0v) is 11.0. The van der Waals surface area contributed by atoms with Crippen molar-refractivity contribution in [3.63, 3.8) is 0 Å².